The highest BCUT2D eigenvalue weighted by Gasteiger charge is 2.42. The Morgan fingerprint density at radius 2 is 1.79 bits per heavy atom. The molecule has 1 aliphatic heterocycles. The normalized spacial score (nSPS) is 18.3. The fraction of sp³-hybridized carbons (Fsp3) is 0.263. The monoisotopic (exact) mass is 444 g/mol. The van der Waals surface area contributed by atoms with Crippen LogP contribution in [0.2, 0.25) is 5.02 Å². The molecule has 0 bridgehead atoms. The van der Waals surface area contributed by atoms with Crippen LogP contribution < -0.4 is 0 Å². The lowest BCUT2D eigenvalue weighted by Gasteiger charge is -2.17. The zero-order valence-corrected chi connectivity index (χ0v) is 16.9. The van der Waals surface area contributed by atoms with Crippen molar-refractivity contribution in [1.82, 2.24) is 0 Å². The van der Waals surface area contributed by atoms with E-state index >= 15 is 4.39 Å². The van der Waals surface area contributed by atoms with Gasteiger partial charge in [0.2, 0.25) is 5.50 Å². The molecule has 2 aromatic carbocycles. The Balaban J connectivity index is 2.16. The van der Waals surface area contributed by atoms with Gasteiger partial charge in [-0.25, -0.2) is 17.4 Å². The Hall–Kier alpha value is -2.39. The zero-order chi connectivity index (χ0) is 21.4. The van der Waals surface area contributed by atoms with E-state index in [0.29, 0.717) is 5.02 Å². The number of hydrogen-bond acceptors (Lipinski definition) is 4. The summed E-state index contributed by atoms with van der Waals surface area (Å²) in [6.45, 7) is 3.20. The van der Waals surface area contributed by atoms with Gasteiger partial charge in [-0.05, 0) is 50.2 Å². The summed E-state index contributed by atoms with van der Waals surface area (Å²) in [6, 6.07) is 8.09. The second-order valence-electron chi connectivity index (χ2n) is 6.94. The maximum atomic E-state index is 15.4. The first-order chi connectivity index (χ1) is 13.5. The van der Waals surface area contributed by atoms with Gasteiger partial charge in [0, 0.05) is 17.0 Å². The number of benzene rings is 2. The van der Waals surface area contributed by atoms with Crippen LogP contribution in [0, 0.1) is 11.6 Å². The lowest BCUT2D eigenvalue weighted by Crippen LogP contribution is -2.26. The molecule has 0 aliphatic carbocycles. The van der Waals surface area contributed by atoms with E-state index in [-0.39, 0.29) is 17.0 Å². The number of carbonyl (C=O) groups excluding carboxylic acids is 1. The molecule has 0 N–H and O–H groups in total. The molecule has 1 heterocycles. The predicted molar refractivity (Wildman–Crippen MR) is 104 cm³/mol. The van der Waals surface area contributed by atoms with E-state index in [1.54, 1.807) is 13.8 Å². The van der Waals surface area contributed by atoms with Crippen LogP contribution in [0.5, 0.6) is 0 Å². The van der Waals surface area contributed by atoms with Gasteiger partial charge in [0.25, 0.3) is 5.91 Å². The summed E-state index contributed by atoms with van der Waals surface area (Å²) in [5, 5.41) is 3.57. The highest BCUT2D eigenvalue weighted by Crippen LogP contribution is 2.36. The fourth-order valence-corrected chi connectivity index (χ4v) is 4.79. The van der Waals surface area contributed by atoms with Crippen molar-refractivity contribution in [2.45, 2.75) is 31.4 Å². The molecule has 0 saturated carbocycles. The van der Waals surface area contributed by atoms with Crippen molar-refractivity contribution in [3.8, 4) is 0 Å². The largest absolute Gasteiger partial charge is 0.389 e. The molecule has 10 heteroatoms. The molecular formula is C19H16ClF3N2O3S. The van der Waals surface area contributed by atoms with E-state index in [4.69, 9.17) is 16.4 Å². The molecular weight excluding hydrogens is 429 g/mol. The van der Waals surface area contributed by atoms with Crippen LogP contribution >= 0.6 is 11.6 Å². The molecule has 0 fully saturated rings. The summed E-state index contributed by atoms with van der Waals surface area (Å²) >= 11 is 5.77. The summed E-state index contributed by atoms with van der Waals surface area (Å²) in [6.07, 6.45) is -0.139. The highest BCUT2D eigenvalue weighted by molar-refractivity contribution is 8.08. The molecule has 2 atom stereocenters. The summed E-state index contributed by atoms with van der Waals surface area (Å²) in [4.78, 5) is 17.7. The van der Waals surface area contributed by atoms with Crippen LogP contribution in [0.15, 0.2) is 52.0 Å². The smallest absolute Gasteiger partial charge is 0.285 e. The van der Waals surface area contributed by atoms with Crippen LogP contribution in [-0.4, -0.2) is 20.8 Å². The van der Waals surface area contributed by atoms with Gasteiger partial charge in [-0.1, -0.05) is 22.8 Å². The average Bonchev–Trinajstić information content (AvgIpc) is 3.02. The van der Waals surface area contributed by atoms with E-state index in [9.17, 15) is 17.8 Å². The summed E-state index contributed by atoms with van der Waals surface area (Å²) in [5.41, 5.74) is -4.83. The minimum Gasteiger partial charge on any atom is -0.389 e. The van der Waals surface area contributed by atoms with Gasteiger partial charge in [0.15, 0.2) is 5.04 Å². The molecule has 5 nitrogen and oxygen atoms in total. The number of oxime groups is 1. The standard InChI is InChI=1S/C19H16ClF3N2O3S/c1-19(2)10-15(24-28-19)29(27,17(23)16-13(21)4-3-5-14(16)22)25-18(26)11-6-8-12(20)9-7-11/h3-9,17H,10H2,1-2H3. The van der Waals surface area contributed by atoms with E-state index < -0.39 is 43.9 Å². The van der Waals surface area contributed by atoms with Crippen molar-refractivity contribution in [3.05, 3.63) is 70.2 Å². The maximum Gasteiger partial charge on any atom is 0.285 e. The molecule has 0 saturated heterocycles. The van der Waals surface area contributed by atoms with Crippen molar-refractivity contribution in [1.29, 1.82) is 0 Å². The number of carbonyl (C=O) groups is 1. The maximum absolute atomic E-state index is 15.4. The SMILES string of the molecule is CC1(C)CC(S(=O)(=NC(=O)c2ccc(Cl)cc2)C(F)c2c(F)cccc2F)=NO1. The first kappa shape index (κ1) is 21.3. The van der Waals surface area contributed by atoms with E-state index in [1.807, 2.05) is 0 Å². The molecule has 3 rings (SSSR count). The Morgan fingerprint density at radius 3 is 2.31 bits per heavy atom. The lowest BCUT2D eigenvalue weighted by molar-refractivity contribution is 0.0123. The van der Waals surface area contributed by atoms with Gasteiger partial charge in [0.1, 0.15) is 27.0 Å². The Labute approximate surface area is 170 Å². The van der Waals surface area contributed by atoms with E-state index in [0.717, 1.165) is 18.2 Å². The molecule has 0 spiro atoms. The van der Waals surface area contributed by atoms with Gasteiger partial charge < -0.3 is 4.84 Å². The van der Waals surface area contributed by atoms with Crippen LogP contribution in [0.25, 0.3) is 0 Å². The van der Waals surface area contributed by atoms with E-state index in [2.05, 4.69) is 9.52 Å². The molecule has 154 valence electrons. The van der Waals surface area contributed by atoms with Gasteiger partial charge >= 0.3 is 0 Å². The molecule has 2 aromatic rings. The first-order valence-electron chi connectivity index (χ1n) is 8.42. The van der Waals surface area contributed by atoms with Crippen molar-refractivity contribution in [2.75, 3.05) is 0 Å². The molecule has 2 unspecified atom stereocenters. The number of amides is 1. The van der Waals surface area contributed by atoms with Crippen molar-refractivity contribution < 1.29 is 27.0 Å². The van der Waals surface area contributed by atoms with Crippen LogP contribution in [0.3, 0.4) is 0 Å². The quantitative estimate of drug-likeness (QED) is 0.635. The number of hydrogen-bond donors (Lipinski definition) is 0. The molecule has 1 amide bonds. The van der Waals surface area contributed by atoms with Crippen LogP contribution in [0.1, 0.15) is 41.7 Å². The third-order valence-electron chi connectivity index (χ3n) is 4.13. The first-order valence-corrected chi connectivity index (χ1v) is 10.4. The Morgan fingerprint density at radius 1 is 1.21 bits per heavy atom. The fourth-order valence-electron chi connectivity index (χ4n) is 2.63. The molecule has 29 heavy (non-hydrogen) atoms. The van der Waals surface area contributed by atoms with Gasteiger partial charge in [-0.3, -0.25) is 4.79 Å². The van der Waals surface area contributed by atoms with Gasteiger partial charge in [-0.2, -0.15) is 0 Å². The second kappa shape index (κ2) is 7.79. The molecule has 1 aliphatic rings. The Bertz CT molecular complexity index is 1090. The number of rotatable bonds is 3. The average molecular weight is 445 g/mol. The van der Waals surface area contributed by atoms with Crippen molar-refractivity contribution in [2.24, 2.45) is 9.52 Å². The molecule has 0 radical (unpaired) electrons. The zero-order valence-electron chi connectivity index (χ0n) is 15.4. The van der Waals surface area contributed by atoms with Crippen LogP contribution in [0.4, 0.5) is 13.2 Å². The lowest BCUT2D eigenvalue weighted by atomic mass is 10.1. The minimum atomic E-state index is -4.35. The van der Waals surface area contributed by atoms with E-state index in [1.165, 1.54) is 24.3 Å². The number of halogens is 4. The predicted octanol–water partition coefficient (Wildman–Crippen LogP) is 5.41. The number of alkyl halides is 1. The molecule has 0 aromatic heterocycles. The second-order valence-corrected chi connectivity index (χ2v) is 9.58. The highest BCUT2D eigenvalue weighted by atomic mass is 35.5. The third-order valence-corrected chi connectivity index (χ3v) is 6.51. The summed E-state index contributed by atoms with van der Waals surface area (Å²) < 4.78 is 60.8. The minimum absolute atomic E-state index is 0.0258. The van der Waals surface area contributed by atoms with Gasteiger partial charge in [-0.15, -0.1) is 4.36 Å². The van der Waals surface area contributed by atoms with Crippen molar-refractivity contribution in [3.63, 3.8) is 0 Å². The topological polar surface area (TPSA) is 68.1 Å². The Kier molecular flexibility index (Phi) is 5.73. The number of nitrogens with zero attached hydrogens (tertiary/aromatic N) is 2. The third kappa shape index (κ3) is 4.30. The summed E-state index contributed by atoms with van der Waals surface area (Å²) in [7, 11) is -4.35. The van der Waals surface area contributed by atoms with Crippen molar-refractivity contribution >= 4 is 32.3 Å². The van der Waals surface area contributed by atoms with Gasteiger partial charge in [0.05, 0.1) is 5.56 Å². The van der Waals surface area contributed by atoms with Crippen LogP contribution in [-0.2, 0) is 14.6 Å². The summed E-state index contributed by atoms with van der Waals surface area (Å²) in [5.74, 6) is -3.55.